The van der Waals surface area contributed by atoms with E-state index in [2.05, 4.69) is 34.6 Å². The summed E-state index contributed by atoms with van der Waals surface area (Å²) in [6, 6.07) is 0. The molecular weight excluding hydrogens is 1050 g/mol. The Hall–Kier alpha value is -1.94. The second-order valence-electron chi connectivity index (χ2n) is 22.0. The summed E-state index contributed by atoms with van der Waals surface area (Å²) in [5.41, 5.74) is 0. The first-order valence-electron chi connectivity index (χ1n) is 31.7. The molecule has 0 saturated carbocycles. The van der Waals surface area contributed by atoms with Gasteiger partial charge in [-0.05, 0) is 31.6 Å². The Kier molecular flexibility index (Phi) is 52.7. The van der Waals surface area contributed by atoms with Crippen LogP contribution < -0.4 is 0 Å². The van der Waals surface area contributed by atoms with Gasteiger partial charge in [0.25, 0.3) is 0 Å². The van der Waals surface area contributed by atoms with Crippen LogP contribution in [0.25, 0.3) is 0 Å². The van der Waals surface area contributed by atoms with Gasteiger partial charge in [-0.3, -0.25) is 37.3 Å². The SMILES string of the molecule is CCCCCCCCCCCCCCC(=O)OC[C@H](COP(=O)(O)OC[C@@H](O)COP(=O)(O)OC[C@@H](COC(=O)CCCCCCC)OC(=O)CCCCCCCCC(C)CC)OC(=O)CCCCCCCCCCCCCC. The smallest absolute Gasteiger partial charge is 0.462 e. The summed E-state index contributed by atoms with van der Waals surface area (Å²) in [6.07, 6.45) is 36.5. The van der Waals surface area contributed by atoms with Crippen molar-refractivity contribution in [1.29, 1.82) is 0 Å². The molecule has 0 spiro atoms. The molecule has 3 N–H and O–H groups in total. The number of ether oxygens (including phenoxy) is 4. The molecule has 0 saturated heterocycles. The molecule has 3 unspecified atom stereocenters. The summed E-state index contributed by atoms with van der Waals surface area (Å²) < 4.78 is 67.6. The van der Waals surface area contributed by atoms with E-state index in [4.69, 9.17) is 37.0 Å². The highest BCUT2D eigenvalue weighted by atomic mass is 31.2. The van der Waals surface area contributed by atoms with Crippen LogP contribution in [0, 0.1) is 5.92 Å². The summed E-state index contributed by atoms with van der Waals surface area (Å²) in [5, 5.41) is 10.5. The molecule has 6 atom stereocenters. The summed E-state index contributed by atoms with van der Waals surface area (Å²) in [5.74, 6) is -1.43. The van der Waals surface area contributed by atoms with Gasteiger partial charge >= 0.3 is 39.5 Å². The van der Waals surface area contributed by atoms with Crippen molar-refractivity contribution >= 4 is 39.5 Å². The molecule has 0 heterocycles. The third-order valence-corrected chi connectivity index (χ3v) is 16.0. The van der Waals surface area contributed by atoms with E-state index in [0.29, 0.717) is 25.7 Å². The molecule has 0 aliphatic rings. The van der Waals surface area contributed by atoms with Gasteiger partial charge in [-0.1, -0.05) is 247 Å². The zero-order chi connectivity index (χ0) is 58.5. The number of phosphoric acid groups is 2. The van der Waals surface area contributed by atoms with Crippen LogP contribution in [0.15, 0.2) is 0 Å². The monoisotopic (exact) mass is 1170 g/mol. The van der Waals surface area contributed by atoms with Crippen molar-refractivity contribution in [2.24, 2.45) is 5.92 Å². The lowest BCUT2D eigenvalue weighted by molar-refractivity contribution is -0.161. The second-order valence-corrected chi connectivity index (χ2v) is 24.9. The molecular formula is C60H116O17P2. The minimum Gasteiger partial charge on any atom is -0.462 e. The molecule has 79 heavy (non-hydrogen) atoms. The summed E-state index contributed by atoms with van der Waals surface area (Å²) >= 11 is 0. The number of unbranched alkanes of at least 4 members (excludes halogenated alkanes) is 31. The molecule has 19 heteroatoms. The Morgan fingerprint density at radius 3 is 0.899 bits per heavy atom. The first kappa shape index (κ1) is 77.1. The van der Waals surface area contributed by atoms with E-state index in [-0.39, 0.29) is 25.7 Å². The molecule has 468 valence electrons. The molecule has 0 aliphatic heterocycles. The van der Waals surface area contributed by atoms with Crippen molar-refractivity contribution in [1.82, 2.24) is 0 Å². The Labute approximate surface area is 479 Å². The summed E-state index contributed by atoms with van der Waals surface area (Å²) in [7, 11) is -9.87. The average Bonchev–Trinajstić information content (AvgIpc) is 3.42. The summed E-state index contributed by atoms with van der Waals surface area (Å²) in [4.78, 5) is 71.8. The topological polar surface area (TPSA) is 237 Å². The van der Waals surface area contributed by atoms with E-state index in [0.717, 1.165) is 102 Å². The fourth-order valence-corrected chi connectivity index (χ4v) is 10.4. The van der Waals surface area contributed by atoms with E-state index in [9.17, 15) is 43.2 Å². The van der Waals surface area contributed by atoms with Crippen LogP contribution in [0.2, 0.25) is 0 Å². The average molecular weight is 1170 g/mol. The number of hydrogen-bond acceptors (Lipinski definition) is 15. The lowest BCUT2D eigenvalue weighted by atomic mass is 10.00. The molecule has 0 aromatic carbocycles. The van der Waals surface area contributed by atoms with Gasteiger partial charge < -0.3 is 33.8 Å². The molecule has 17 nitrogen and oxygen atoms in total. The summed E-state index contributed by atoms with van der Waals surface area (Å²) in [6.45, 7) is 7.03. The maximum absolute atomic E-state index is 12.9. The Morgan fingerprint density at radius 2 is 0.608 bits per heavy atom. The maximum atomic E-state index is 12.9. The van der Waals surface area contributed by atoms with Crippen molar-refractivity contribution in [2.75, 3.05) is 39.6 Å². The van der Waals surface area contributed by atoms with Crippen LogP contribution in [0.5, 0.6) is 0 Å². The van der Waals surface area contributed by atoms with Gasteiger partial charge in [0.15, 0.2) is 12.2 Å². The normalized spacial score (nSPS) is 14.7. The van der Waals surface area contributed by atoms with Crippen LogP contribution >= 0.6 is 15.6 Å². The fraction of sp³-hybridized carbons (Fsp3) is 0.933. The minimum atomic E-state index is -4.94. The van der Waals surface area contributed by atoms with Gasteiger partial charge in [0.2, 0.25) is 0 Å². The number of carbonyl (C=O) groups excluding carboxylic acids is 4. The van der Waals surface area contributed by atoms with Crippen LogP contribution in [0.1, 0.15) is 298 Å². The number of hydrogen-bond donors (Lipinski definition) is 3. The molecule has 0 aromatic rings. The molecule has 0 amide bonds. The number of esters is 4. The van der Waals surface area contributed by atoms with Gasteiger partial charge in [-0.2, -0.15) is 0 Å². The highest BCUT2D eigenvalue weighted by Gasteiger charge is 2.30. The predicted octanol–water partition coefficient (Wildman–Crippen LogP) is 16.2. The van der Waals surface area contributed by atoms with E-state index in [1.165, 1.54) is 116 Å². The molecule has 0 bridgehead atoms. The van der Waals surface area contributed by atoms with Gasteiger partial charge in [0.1, 0.15) is 19.3 Å². The van der Waals surface area contributed by atoms with E-state index >= 15 is 0 Å². The lowest BCUT2D eigenvalue weighted by Gasteiger charge is -2.21. The number of rotatable bonds is 60. The van der Waals surface area contributed by atoms with E-state index in [1.807, 2.05) is 0 Å². The van der Waals surface area contributed by atoms with Crippen molar-refractivity contribution < 1.29 is 80.2 Å². The Balaban J connectivity index is 5.19. The highest BCUT2D eigenvalue weighted by Crippen LogP contribution is 2.45. The van der Waals surface area contributed by atoms with Gasteiger partial charge in [0, 0.05) is 25.7 Å². The molecule has 0 aromatic heterocycles. The third-order valence-electron chi connectivity index (χ3n) is 14.1. The zero-order valence-corrected chi connectivity index (χ0v) is 52.3. The zero-order valence-electron chi connectivity index (χ0n) is 50.5. The maximum Gasteiger partial charge on any atom is 0.472 e. The van der Waals surface area contributed by atoms with Gasteiger partial charge in [-0.15, -0.1) is 0 Å². The largest absolute Gasteiger partial charge is 0.472 e. The van der Waals surface area contributed by atoms with Crippen molar-refractivity contribution in [3.05, 3.63) is 0 Å². The number of aliphatic hydroxyl groups excluding tert-OH is 1. The third kappa shape index (κ3) is 53.8. The highest BCUT2D eigenvalue weighted by molar-refractivity contribution is 7.47. The quantitative estimate of drug-likeness (QED) is 0.0222. The van der Waals surface area contributed by atoms with E-state index in [1.54, 1.807) is 0 Å². The van der Waals surface area contributed by atoms with Crippen molar-refractivity contribution in [2.45, 2.75) is 316 Å². The number of phosphoric ester groups is 2. The predicted molar refractivity (Wildman–Crippen MR) is 312 cm³/mol. The fourth-order valence-electron chi connectivity index (χ4n) is 8.84. The van der Waals surface area contributed by atoms with Crippen LogP contribution in [0.4, 0.5) is 0 Å². The van der Waals surface area contributed by atoms with Crippen LogP contribution in [-0.2, 0) is 65.4 Å². The molecule has 0 aliphatic carbocycles. The van der Waals surface area contributed by atoms with E-state index < -0.39 is 97.5 Å². The number of carbonyl (C=O) groups is 4. The van der Waals surface area contributed by atoms with Gasteiger partial charge in [-0.25, -0.2) is 9.13 Å². The number of aliphatic hydroxyl groups is 1. The van der Waals surface area contributed by atoms with Crippen LogP contribution in [-0.4, -0.2) is 96.7 Å². The first-order chi connectivity index (χ1) is 38.1. The minimum absolute atomic E-state index is 0.102. The Morgan fingerprint density at radius 1 is 0.354 bits per heavy atom. The second kappa shape index (κ2) is 54.0. The molecule has 0 radical (unpaired) electrons. The van der Waals surface area contributed by atoms with Crippen molar-refractivity contribution in [3.8, 4) is 0 Å². The standard InChI is InChI=1S/C60H116O17P2/c1-6-10-13-16-18-20-22-24-26-28-34-39-44-58(63)71-50-56(76-59(64)45-40-35-29-27-25-23-21-19-17-14-11-7-2)52-75-79(68,69)73-48-54(61)47-72-78(66,67)74-51-55(49-70-57(62)43-38-32-15-12-8-3)77-60(65)46-41-36-31-30-33-37-42-53(5)9-4/h53-56,61H,6-52H2,1-5H3,(H,66,67)(H,68,69)/t53?,54-,55+,56+/m0/s1. The first-order valence-corrected chi connectivity index (χ1v) is 34.7. The molecule has 0 rings (SSSR count). The molecule has 0 fully saturated rings. The lowest BCUT2D eigenvalue weighted by Crippen LogP contribution is -2.30. The van der Waals surface area contributed by atoms with Gasteiger partial charge in [0.05, 0.1) is 26.4 Å². The Bertz CT molecular complexity index is 1550. The van der Waals surface area contributed by atoms with Crippen LogP contribution in [0.3, 0.4) is 0 Å². The van der Waals surface area contributed by atoms with Crippen molar-refractivity contribution in [3.63, 3.8) is 0 Å².